The van der Waals surface area contributed by atoms with Gasteiger partial charge in [-0.1, -0.05) is 0 Å². The second kappa shape index (κ2) is 7.70. The van der Waals surface area contributed by atoms with Crippen LogP contribution in [0, 0.1) is 0 Å². The molecule has 1 fully saturated rings. The number of morpholine rings is 1. The van der Waals surface area contributed by atoms with Crippen molar-refractivity contribution in [3.8, 4) is 0 Å². The van der Waals surface area contributed by atoms with Crippen molar-refractivity contribution in [2.75, 3.05) is 50.2 Å². The van der Waals surface area contributed by atoms with Gasteiger partial charge in [-0.3, -0.25) is 9.59 Å². The molecule has 0 radical (unpaired) electrons. The molecule has 0 bridgehead atoms. The van der Waals surface area contributed by atoms with Gasteiger partial charge in [0, 0.05) is 55.2 Å². The molecule has 1 saturated heterocycles. The molecular formula is C21H24N2O3. The first-order valence-electron chi connectivity index (χ1n) is 8.77. The Morgan fingerprint density at radius 3 is 2.19 bits per heavy atom. The van der Waals surface area contributed by atoms with Crippen LogP contribution in [0.4, 0.5) is 11.4 Å². The van der Waals surface area contributed by atoms with Crippen molar-refractivity contribution in [2.45, 2.75) is 6.92 Å². The lowest BCUT2D eigenvalue weighted by atomic mass is 9.95. The number of rotatable bonds is 5. The zero-order valence-corrected chi connectivity index (χ0v) is 15.5. The van der Waals surface area contributed by atoms with Crippen molar-refractivity contribution in [3.63, 3.8) is 0 Å². The summed E-state index contributed by atoms with van der Waals surface area (Å²) in [4.78, 5) is 29.3. The van der Waals surface area contributed by atoms with E-state index in [0.717, 1.165) is 24.5 Å². The van der Waals surface area contributed by atoms with Crippen molar-refractivity contribution in [1.82, 2.24) is 0 Å². The Hall–Kier alpha value is -2.66. The smallest absolute Gasteiger partial charge is 0.193 e. The maximum absolute atomic E-state index is 13.1. The SMILES string of the molecule is CC(=O)c1ccc(N2CCOCC2)cc1C(=O)c1ccc(N(C)C)cc1. The van der Waals surface area contributed by atoms with E-state index >= 15 is 0 Å². The third-order valence-electron chi connectivity index (χ3n) is 4.65. The predicted octanol–water partition coefficient (Wildman–Crippen LogP) is 3.02. The number of hydrogen-bond acceptors (Lipinski definition) is 5. The number of Topliss-reactive ketones (excluding diaryl/α,β-unsaturated/α-hetero) is 1. The van der Waals surface area contributed by atoms with Gasteiger partial charge in [-0.05, 0) is 49.4 Å². The molecular weight excluding hydrogens is 328 g/mol. The Kier molecular flexibility index (Phi) is 5.38. The Morgan fingerprint density at radius 2 is 1.62 bits per heavy atom. The third-order valence-corrected chi connectivity index (χ3v) is 4.65. The van der Waals surface area contributed by atoms with Gasteiger partial charge in [0.1, 0.15) is 0 Å². The van der Waals surface area contributed by atoms with Gasteiger partial charge in [-0.2, -0.15) is 0 Å². The van der Waals surface area contributed by atoms with Crippen molar-refractivity contribution < 1.29 is 14.3 Å². The van der Waals surface area contributed by atoms with Gasteiger partial charge in [0.05, 0.1) is 13.2 Å². The molecule has 0 amide bonds. The molecule has 5 nitrogen and oxygen atoms in total. The fourth-order valence-electron chi connectivity index (χ4n) is 3.11. The topological polar surface area (TPSA) is 49.9 Å². The van der Waals surface area contributed by atoms with Gasteiger partial charge in [-0.15, -0.1) is 0 Å². The average molecular weight is 352 g/mol. The van der Waals surface area contributed by atoms with Crippen LogP contribution in [0.3, 0.4) is 0 Å². The molecule has 0 spiro atoms. The van der Waals surface area contributed by atoms with Crippen molar-refractivity contribution in [3.05, 3.63) is 59.2 Å². The minimum absolute atomic E-state index is 0.105. The summed E-state index contributed by atoms with van der Waals surface area (Å²) in [5.41, 5.74) is 3.47. The highest BCUT2D eigenvalue weighted by Gasteiger charge is 2.20. The lowest BCUT2D eigenvalue weighted by Gasteiger charge is -2.29. The molecule has 0 aliphatic carbocycles. The van der Waals surface area contributed by atoms with E-state index in [-0.39, 0.29) is 11.6 Å². The maximum atomic E-state index is 13.1. The standard InChI is InChI=1S/C21H24N2O3/c1-15(24)19-9-8-18(23-10-12-26-13-11-23)14-20(19)21(25)16-4-6-17(7-5-16)22(2)3/h4-9,14H,10-13H2,1-3H3. The molecule has 1 aliphatic heterocycles. The molecule has 0 aromatic heterocycles. The quantitative estimate of drug-likeness (QED) is 0.774. The zero-order chi connectivity index (χ0) is 18.7. The minimum atomic E-state index is -0.129. The average Bonchev–Trinajstić information content (AvgIpc) is 2.67. The molecule has 0 saturated carbocycles. The lowest BCUT2D eigenvalue weighted by molar-refractivity contribution is 0.0990. The van der Waals surface area contributed by atoms with Crippen LogP contribution in [-0.2, 0) is 4.74 Å². The van der Waals surface area contributed by atoms with Crippen LogP contribution in [0.5, 0.6) is 0 Å². The Balaban J connectivity index is 1.97. The number of anilines is 2. The molecule has 5 heteroatoms. The molecule has 2 aromatic carbocycles. The van der Waals surface area contributed by atoms with E-state index < -0.39 is 0 Å². The number of hydrogen-bond donors (Lipinski definition) is 0. The molecule has 0 N–H and O–H groups in total. The van der Waals surface area contributed by atoms with Gasteiger partial charge < -0.3 is 14.5 Å². The fraction of sp³-hybridized carbons (Fsp3) is 0.333. The number of carbonyl (C=O) groups is 2. The lowest BCUT2D eigenvalue weighted by Crippen LogP contribution is -2.36. The van der Waals surface area contributed by atoms with Gasteiger partial charge in [-0.25, -0.2) is 0 Å². The maximum Gasteiger partial charge on any atom is 0.193 e. The summed E-state index contributed by atoms with van der Waals surface area (Å²) in [6.45, 7) is 4.40. The molecule has 2 aromatic rings. The van der Waals surface area contributed by atoms with Gasteiger partial charge >= 0.3 is 0 Å². The number of nitrogens with zero attached hydrogens (tertiary/aromatic N) is 2. The minimum Gasteiger partial charge on any atom is -0.378 e. The van der Waals surface area contributed by atoms with Crippen LogP contribution in [-0.4, -0.2) is 52.0 Å². The van der Waals surface area contributed by atoms with Crippen molar-refractivity contribution in [1.29, 1.82) is 0 Å². The Morgan fingerprint density at radius 1 is 0.962 bits per heavy atom. The highest BCUT2D eigenvalue weighted by atomic mass is 16.5. The van der Waals surface area contributed by atoms with Crippen LogP contribution < -0.4 is 9.80 Å². The first-order valence-corrected chi connectivity index (χ1v) is 8.77. The highest BCUT2D eigenvalue weighted by Crippen LogP contribution is 2.24. The molecule has 136 valence electrons. The molecule has 1 aliphatic rings. The summed E-state index contributed by atoms with van der Waals surface area (Å²) >= 11 is 0. The molecule has 26 heavy (non-hydrogen) atoms. The van der Waals surface area contributed by atoms with E-state index in [1.54, 1.807) is 6.07 Å². The van der Waals surface area contributed by atoms with Crippen LogP contribution in [0.15, 0.2) is 42.5 Å². The normalized spacial score (nSPS) is 14.2. The molecule has 0 atom stereocenters. The second-order valence-corrected chi connectivity index (χ2v) is 6.66. The van der Waals surface area contributed by atoms with Gasteiger partial charge in [0.15, 0.2) is 11.6 Å². The Labute approximate surface area is 154 Å². The first-order chi connectivity index (χ1) is 12.5. The molecule has 1 heterocycles. The van der Waals surface area contributed by atoms with Crippen LogP contribution in [0.25, 0.3) is 0 Å². The van der Waals surface area contributed by atoms with Crippen LogP contribution in [0.2, 0.25) is 0 Å². The summed E-state index contributed by atoms with van der Waals surface area (Å²) in [7, 11) is 3.91. The summed E-state index contributed by atoms with van der Waals surface area (Å²) in [6, 6.07) is 12.9. The molecule has 3 rings (SSSR count). The van der Waals surface area contributed by atoms with Gasteiger partial charge in [0.2, 0.25) is 0 Å². The number of ketones is 2. The second-order valence-electron chi connectivity index (χ2n) is 6.66. The van der Waals surface area contributed by atoms with Crippen LogP contribution in [0.1, 0.15) is 33.2 Å². The van der Waals surface area contributed by atoms with Crippen molar-refractivity contribution in [2.24, 2.45) is 0 Å². The predicted molar refractivity (Wildman–Crippen MR) is 104 cm³/mol. The molecule has 0 unspecified atom stereocenters. The van der Waals surface area contributed by atoms with E-state index in [2.05, 4.69) is 4.90 Å². The summed E-state index contributed by atoms with van der Waals surface area (Å²) < 4.78 is 5.39. The van der Waals surface area contributed by atoms with Gasteiger partial charge in [0.25, 0.3) is 0 Å². The fourth-order valence-corrected chi connectivity index (χ4v) is 3.11. The van der Waals surface area contributed by atoms with E-state index in [4.69, 9.17) is 4.74 Å². The van der Waals surface area contributed by atoms with E-state index in [0.29, 0.717) is 29.9 Å². The van der Waals surface area contributed by atoms with Crippen LogP contribution >= 0.6 is 0 Å². The zero-order valence-electron chi connectivity index (χ0n) is 15.5. The number of benzene rings is 2. The Bertz CT molecular complexity index is 807. The monoisotopic (exact) mass is 352 g/mol. The number of carbonyl (C=O) groups excluding carboxylic acids is 2. The third kappa shape index (κ3) is 3.78. The number of ether oxygens (including phenoxy) is 1. The summed E-state index contributed by atoms with van der Waals surface area (Å²) in [5, 5.41) is 0. The highest BCUT2D eigenvalue weighted by molar-refractivity contribution is 6.15. The largest absolute Gasteiger partial charge is 0.378 e. The summed E-state index contributed by atoms with van der Waals surface area (Å²) in [5.74, 6) is -0.234. The van der Waals surface area contributed by atoms with E-state index in [9.17, 15) is 9.59 Å². The van der Waals surface area contributed by atoms with E-state index in [1.165, 1.54) is 6.92 Å². The van der Waals surface area contributed by atoms with Crippen molar-refractivity contribution >= 4 is 22.9 Å². The first kappa shape index (κ1) is 18.1. The van der Waals surface area contributed by atoms with E-state index in [1.807, 2.05) is 55.4 Å². The summed E-state index contributed by atoms with van der Waals surface area (Å²) in [6.07, 6.45) is 0.